The molecule has 0 aromatic heterocycles. The maximum atomic E-state index is 5.12. The number of hydrogen-bond acceptors (Lipinski definition) is 2. The molecule has 1 unspecified atom stereocenters. The zero-order valence-corrected chi connectivity index (χ0v) is 10.8. The average molecular weight is 221 g/mol. The molecule has 0 aliphatic rings. The molecule has 2 heteroatoms. The molecule has 0 fully saturated rings. The number of benzene rings is 1. The zero-order chi connectivity index (χ0) is 12.0. The molecular formula is C14H23NO. The van der Waals surface area contributed by atoms with E-state index in [2.05, 4.69) is 38.2 Å². The summed E-state index contributed by atoms with van der Waals surface area (Å²) in [4.78, 5) is 0. The minimum atomic E-state index is 0.721. The zero-order valence-electron chi connectivity index (χ0n) is 10.8. The number of methoxy groups -OCH3 is 1. The molecule has 0 saturated heterocycles. The van der Waals surface area contributed by atoms with Crippen molar-refractivity contribution in [1.82, 2.24) is 5.32 Å². The van der Waals surface area contributed by atoms with Gasteiger partial charge in [-0.1, -0.05) is 32.9 Å². The highest BCUT2D eigenvalue weighted by Gasteiger charge is 2.05. The fourth-order valence-corrected chi connectivity index (χ4v) is 1.42. The number of nitrogens with one attached hydrogen (secondary N) is 1. The highest BCUT2D eigenvalue weighted by atomic mass is 16.5. The third-order valence-corrected chi connectivity index (χ3v) is 3.09. The van der Waals surface area contributed by atoms with E-state index in [-0.39, 0.29) is 0 Å². The Bertz CT molecular complexity index is 292. The molecule has 0 radical (unpaired) electrons. The van der Waals surface area contributed by atoms with Crippen LogP contribution in [-0.2, 0) is 6.54 Å². The molecule has 0 amide bonds. The van der Waals surface area contributed by atoms with E-state index in [1.807, 2.05) is 12.1 Å². The summed E-state index contributed by atoms with van der Waals surface area (Å²) in [6, 6.07) is 8.21. The smallest absolute Gasteiger partial charge is 0.118 e. The van der Waals surface area contributed by atoms with Crippen LogP contribution in [0.3, 0.4) is 0 Å². The molecule has 1 aromatic rings. The van der Waals surface area contributed by atoms with Crippen molar-refractivity contribution in [2.24, 2.45) is 11.8 Å². The first-order chi connectivity index (χ1) is 7.63. The highest BCUT2D eigenvalue weighted by Crippen LogP contribution is 2.12. The van der Waals surface area contributed by atoms with E-state index in [9.17, 15) is 0 Å². The van der Waals surface area contributed by atoms with Crippen LogP contribution < -0.4 is 10.1 Å². The van der Waals surface area contributed by atoms with Crippen molar-refractivity contribution in [2.75, 3.05) is 13.7 Å². The van der Waals surface area contributed by atoms with E-state index < -0.39 is 0 Å². The highest BCUT2D eigenvalue weighted by molar-refractivity contribution is 5.26. The summed E-state index contributed by atoms with van der Waals surface area (Å²) in [5.74, 6) is 2.38. The van der Waals surface area contributed by atoms with Crippen LogP contribution in [0.1, 0.15) is 26.3 Å². The predicted molar refractivity (Wildman–Crippen MR) is 68.7 cm³/mol. The maximum Gasteiger partial charge on any atom is 0.118 e. The Labute approximate surface area is 99.0 Å². The SMILES string of the molecule is COc1ccc(CNCC(C)C(C)C)cc1. The van der Waals surface area contributed by atoms with Crippen LogP contribution in [0, 0.1) is 11.8 Å². The molecule has 90 valence electrons. The van der Waals surface area contributed by atoms with E-state index >= 15 is 0 Å². The van der Waals surface area contributed by atoms with Gasteiger partial charge < -0.3 is 10.1 Å². The van der Waals surface area contributed by atoms with Gasteiger partial charge in [0.2, 0.25) is 0 Å². The minimum absolute atomic E-state index is 0.721. The number of rotatable bonds is 6. The van der Waals surface area contributed by atoms with Crippen LogP contribution in [0.15, 0.2) is 24.3 Å². The lowest BCUT2D eigenvalue weighted by molar-refractivity contribution is 0.392. The monoisotopic (exact) mass is 221 g/mol. The molecule has 1 atom stereocenters. The molecule has 1 rings (SSSR count). The summed E-state index contributed by atoms with van der Waals surface area (Å²) < 4.78 is 5.12. The van der Waals surface area contributed by atoms with Crippen molar-refractivity contribution in [2.45, 2.75) is 27.3 Å². The number of hydrogen-bond donors (Lipinski definition) is 1. The van der Waals surface area contributed by atoms with Crippen molar-refractivity contribution >= 4 is 0 Å². The summed E-state index contributed by atoms with van der Waals surface area (Å²) in [5, 5.41) is 3.48. The van der Waals surface area contributed by atoms with Crippen LogP contribution in [-0.4, -0.2) is 13.7 Å². The van der Waals surface area contributed by atoms with Crippen molar-refractivity contribution in [3.05, 3.63) is 29.8 Å². The lowest BCUT2D eigenvalue weighted by Crippen LogP contribution is -2.23. The van der Waals surface area contributed by atoms with Gasteiger partial charge in [-0.25, -0.2) is 0 Å². The first-order valence-corrected chi connectivity index (χ1v) is 5.97. The molecule has 0 saturated carbocycles. The normalized spacial score (nSPS) is 12.8. The Morgan fingerprint density at radius 1 is 1.12 bits per heavy atom. The third-order valence-electron chi connectivity index (χ3n) is 3.09. The molecule has 0 spiro atoms. The Morgan fingerprint density at radius 3 is 2.25 bits per heavy atom. The summed E-state index contributed by atoms with van der Waals surface area (Å²) in [7, 11) is 1.69. The summed E-state index contributed by atoms with van der Waals surface area (Å²) in [5.41, 5.74) is 1.30. The Hall–Kier alpha value is -1.02. The lowest BCUT2D eigenvalue weighted by Gasteiger charge is -2.16. The molecule has 0 aliphatic carbocycles. The lowest BCUT2D eigenvalue weighted by atomic mass is 9.98. The first-order valence-electron chi connectivity index (χ1n) is 5.97. The quantitative estimate of drug-likeness (QED) is 0.797. The van der Waals surface area contributed by atoms with Gasteiger partial charge in [0.15, 0.2) is 0 Å². The molecule has 0 heterocycles. The van der Waals surface area contributed by atoms with E-state index in [0.29, 0.717) is 0 Å². The van der Waals surface area contributed by atoms with E-state index in [0.717, 1.165) is 30.7 Å². The summed E-state index contributed by atoms with van der Waals surface area (Å²) in [6.07, 6.45) is 0. The van der Waals surface area contributed by atoms with Crippen molar-refractivity contribution < 1.29 is 4.74 Å². The van der Waals surface area contributed by atoms with Gasteiger partial charge in [-0.2, -0.15) is 0 Å². The van der Waals surface area contributed by atoms with Crippen molar-refractivity contribution in [3.63, 3.8) is 0 Å². The summed E-state index contributed by atoms with van der Waals surface area (Å²) >= 11 is 0. The van der Waals surface area contributed by atoms with Crippen molar-refractivity contribution in [3.8, 4) is 5.75 Å². The topological polar surface area (TPSA) is 21.3 Å². The Kier molecular flexibility index (Phi) is 5.33. The van der Waals surface area contributed by atoms with Gasteiger partial charge >= 0.3 is 0 Å². The van der Waals surface area contributed by atoms with E-state index in [1.165, 1.54) is 5.56 Å². The molecule has 1 N–H and O–H groups in total. The standard InChI is InChI=1S/C14H23NO/c1-11(2)12(3)9-15-10-13-5-7-14(16-4)8-6-13/h5-8,11-12,15H,9-10H2,1-4H3. The molecule has 0 aliphatic heterocycles. The second-order valence-corrected chi connectivity index (χ2v) is 4.70. The molecule has 0 bridgehead atoms. The second kappa shape index (κ2) is 6.54. The van der Waals surface area contributed by atoms with Gasteiger partial charge in [-0.3, -0.25) is 0 Å². The largest absolute Gasteiger partial charge is 0.497 e. The minimum Gasteiger partial charge on any atom is -0.497 e. The molecule has 1 aromatic carbocycles. The molecule has 16 heavy (non-hydrogen) atoms. The Balaban J connectivity index is 2.31. The fourth-order valence-electron chi connectivity index (χ4n) is 1.42. The Morgan fingerprint density at radius 2 is 1.75 bits per heavy atom. The fraction of sp³-hybridized carbons (Fsp3) is 0.571. The van der Waals surface area contributed by atoms with Gasteiger partial charge in [0.05, 0.1) is 7.11 Å². The van der Waals surface area contributed by atoms with Crippen LogP contribution in [0.25, 0.3) is 0 Å². The van der Waals surface area contributed by atoms with Crippen LogP contribution in [0.2, 0.25) is 0 Å². The third kappa shape index (κ3) is 4.23. The average Bonchev–Trinajstić information content (AvgIpc) is 2.29. The van der Waals surface area contributed by atoms with Crippen LogP contribution in [0.4, 0.5) is 0 Å². The predicted octanol–water partition coefficient (Wildman–Crippen LogP) is 3.08. The van der Waals surface area contributed by atoms with Crippen LogP contribution in [0.5, 0.6) is 5.75 Å². The first kappa shape index (κ1) is 13.0. The van der Waals surface area contributed by atoms with Gasteiger partial charge in [0.25, 0.3) is 0 Å². The van der Waals surface area contributed by atoms with E-state index in [4.69, 9.17) is 4.74 Å². The van der Waals surface area contributed by atoms with Crippen molar-refractivity contribution in [1.29, 1.82) is 0 Å². The summed E-state index contributed by atoms with van der Waals surface area (Å²) in [6.45, 7) is 8.82. The molecular weight excluding hydrogens is 198 g/mol. The number of ether oxygens (including phenoxy) is 1. The van der Waals surface area contributed by atoms with Crippen LogP contribution >= 0.6 is 0 Å². The van der Waals surface area contributed by atoms with E-state index in [1.54, 1.807) is 7.11 Å². The molecule has 2 nitrogen and oxygen atoms in total. The van der Waals surface area contributed by atoms with Gasteiger partial charge in [0.1, 0.15) is 5.75 Å². The van der Waals surface area contributed by atoms with Gasteiger partial charge in [-0.15, -0.1) is 0 Å². The van der Waals surface area contributed by atoms with Gasteiger partial charge in [-0.05, 0) is 36.1 Å². The second-order valence-electron chi connectivity index (χ2n) is 4.70. The van der Waals surface area contributed by atoms with Gasteiger partial charge in [0, 0.05) is 6.54 Å². The maximum absolute atomic E-state index is 5.12.